The quantitative estimate of drug-likeness (QED) is 0.454. The van der Waals surface area contributed by atoms with Crippen molar-refractivity contribution in [2.24, 2.45) is 29.4 Å². The van der Waals surface area contributed by atoms with Crippen LogP contribution in [0.25, 0.3) is 0 Å². The molecule has 4 nitrogen and oxygen atoms in total. The molecule has 0 aromatic carbocycles. The van der Waals surface area contributed by atoms with Crippen molar-refractivity contribution in [3.05, 3.63) is 12.3 Å². The van der Waals surface area contributed by atoms with Gasteiger partial charge < -0.3 is 15.2 Å². The lowest BCUT2D eigenvalue weighted by Gasteiger charge is -2.36. The predicted molar refractivity (Wildman–Crippen MR) is 64.3 cm³/mol. The summed E-state index contributed by atoms with van der Waals surface area (Å²) in [6, 6.07) is 0. The minimum atomic E-state index is -0.296. The van der Waals surface area contributed by atoms with Gasteiger partial charge in [0.15, 0.2) is 0 Å². The van der Waals surface area contributed by atoms with E-state index in [-0.39, 0.29) is 12.1 Å². The van der Waals surface area contributed by atoms with Crippen molar-refractivity contribution < 1.29 is 14.3 Å². The van der Waals surface area contributed by atoms with Crippen LogP contribution in [0.5, 0.6) is 0 Å². The van der Waals surface area contributed by atoms with E-state index in [9.17, 15) is 4.79 Å². The molecule has 3 saturated carbocycles. The van der Waals surface area contributed by atoms with E-state index in [0.29, 0.717) is 24.0 Å². The zero-order valence-corrected chi connectivity index (χ0v) is 10.3. The van der Waals surface area contributed by atoms with Crippen LogP contribution in [0.3, 0.4) is 0 Å². The van der Waals surface area contributed by atoms with E-state index in [4.69, 9.17) is 15.2 Å². The van der Waals surface area contributed by atoms with Gasteiger partial charge in [0.1, 0.15) is 6.10 Å². The largest absolute Gasteiger partial charge is 0.459 e. The van der Waals surface area contributed by atoms with Gasteiger partial charge in [-0.05, 0) is 43.4 Å². The number of fused-ring (bicyclic) bond motifs is 7. The van der Waals surface area contributed by atoms with Crippen molar-refractivity contribution in [3.63, 3.8) is 0 Å². The fourth-order valence-corrected chi connectivity index (χ4v) is 4.86. The molecule has 0 aromatic rings. The molecule has 1 saturated heterocycles. The molecule has 4 rings (SSSR count). The van der Waals surface area contributed by atoms with Crippen LogP contribution in [-0.4, -0.2) is 24.3 Å². The zero-order chi connectivity index (χ0) is 12.3. The third kappa shape index (κ3) is 1.44. The first-order valence-electron chi connectivity index (χ1n) is 7.02. The average molecular weight is 249 g/mol. The van der Waals surface area contributed by atoms with Gasteiger partial charge in [0.25, 0.3) is 0 Å². The minimum absolute atomic E-state index is 0.0999. The second-order valence-electron chi connectivity index (χ2n) is 6.19. The number of ether oxygens (including phenoxy) is 2. The summed E-state index contributed by atoms with van der Waals surface area (Å²) in [6.07, 6.45) is 8.49. The maximum Gasteiger partial charge on any atom is 0.332 e. The van der Waals surface area contributed by atoms with E-state index < -0.39 is 0 Å². The minimum Gasteiger partial charge on any atom is -0.459 e. The number of hydrogen-bond donors (Lipinski definition) is 1. The summed E-state index contributed by atoms with van der Waals surface area (Å²) in [5, 5.41) is 0. The zero-order valence-electron chi connectivity index (χ0n) is 10.3. The highest BCUT2D eigenvalue weighted by Crippen LogP contribution is 2.62. The highest BCUT2D eigenvalue weighted by Gasteiger charge is 2.63. The van der Waals surface area contributed by atoms with E-state index in [1.807, 2.05) is 0 Å². The smallest absolute Gasteiger partial charge is 0.332 e. The summed E-state index contributed by atoms with van der Waals surface area (Å²) in [6.45, 7) is 0. The number of carbonyl (C=O) groups is 1. The first kappa shape index (κ1) is 10.9. The fraction of sp³-hybridized carbons (Fsp3) is 0.786. The van der Waals surface area contributed by atoms with Gasteiger partial charge in [-0.2, -0.15) is 0 Å². The maximum atomic E-state index is 11.5. The maximum absolute atomic E-state index is 11.5. The summed E-state index contributed by atoms with van der Waals surface area (Å²) < 4.78 is 11.3. The Morgan fingerprint density at radius 2 is 2.17 bits per heavy atom. The molecule has 4 heteroatoms. The molecule has 2 N–H and O–H groups in total. The lowest BCUT2D eigenvalue weighted by Crippen LogP contribution is -2.39. The number of hydrogen-bond acceptors (Lipinski definition) is 4. The molecular weight excluding hydrogens is 230 g/mol. The Labute approximate surface area is 106 Å². The molecule has 7 unspecified atom stereocenters. The van der Waals surface area contributed by atoms with Gasteiger partial charge in [-0.15, -0.1) is 0 Å². The molecule has 0 aromatic heterocycles. The molecular formula is C14H19NO3. The molecule has 1 heterocycles. The monoisotopic (exact) mass is 249 g/mol. The third-order valence-corrected chi connectivity index (χ3v) is 5.47. The molecule has 7 atom stereocenters. The Morgan fingerprint density at radius 1 is 1.28 bits per heavy atom. The number of epoxide rings is 1. The van der Waals surface area contributed by atoms with Crippen LogP contribution in [0.2, 0.25) is 0 Å². The molecule has 4 fully saturated rings. The Balaban J connectivity index is 1.48. The van der Waals surface area contributed by atoms with Crippen LogP contribution < -0.4 is 5.73 Å². The van der Waals surface area contributed by atoms with Crippen molar-refractivity contribution in [2.75, 3.05) is 0 Å². The van der Waals surface area contributed by atoms with E-state index in [1.54, 1.807) is 0 Å². The van der Waals surface area contributed by atoms with Gasteiger partial charge in [-0.3, -0.25) is 0 Å². The molecule has 0 radical (unpaired) electrons. The standard InChI is InChI=1S/C14H19NO3/c15-4-3-12(16)17-11-6-7-5-9(11)13-8(7)1-2-10-14(13)18-10/h3-4,7-11,13-14H,1-2,5-6,15H2/b4-3+. The van der Waals surface area contributed by atoms with Crippen molar-refractivity contribution in [2.45, 2.75) is 44.0 Å². The van der Waals surface area contributed by atoms with E-state index in [0.717, 1.165) is 18.3 Å². The number of carbonyl (C=O) groups excluding carboxylic acids is 1. The van der Waals surface area contributed by atoms with Gasteiger partial charge in [0.05, 0.1) is 12.2 Å². The molecule has 18 heavy (non-hydrogen) atoms. The summed E-state index contributed by atoms with van der Waals surface area (Å²) >= 11 is 0. The van der Waals surface area contributed by atoms with Gasteiger partial charge in [0.2, 0.25) is 0 Å². The third-order valence-electron chi connectivity index (χ3n) is 5.47. The Morgan fingerprint density at radius 3 is 3.00 bits per heavy atom. The Hall–Kier alpha value is -1.03. The van der Waals surface area contributed by atoms with E-state index in [1.165, 1.54) is 31.5 Å². The van der Waals surface area contributed by atoms with Crippen molar-refractivity contribution in [1.29, 1.82) is 0 Å². The molecule has 0 amide bonds. The van der Waals surface area contributed by atoms with Crippen molar-refractivity contribution in [3.8, 4) is 0 Å². The lowest BCUT2D eigenvalue weighted by atomic mass is 9.70. The summed E-state index contributed by atoms with van der Waals surface area (Å²) in [5.41, 5.74) is 5.21. The van der Waals surface area contributed by atoms with Crippen LogP contribution in [0, 0.1) is 23.7 Å². The molecule has 2 bridgehead atoms. The topological polar surface area (TPSA) is 64.9 Å². The highest BCUT2D eigenvalue weighted by atomic mass is 16.6. The summed E-state index contributed by atoms with van der Waals surface area (Å²) in [7, 11) is 0. The first-order valence-corrected chi connectivity index (χ1v) is 7.02. The van der Waals surface area contributed by atoms with Crippen LogP contribution in [0.15, 0.2) is 12.3 Å². The van der Waals surface area contributed by atoms with Crippen molar-refractivity contribution in [1.82, 2.24) is 0 Å². The molecule has 4 aliphatic rings. The van der Waals surface area contributed by atoms with Gasteiger partial charge in [-0.25, -0.2) is 4.79 Å². The SMILES string of the molecule is N/C=C/C(=O)OC1CC2CC1C1C2CCC2OC21. The van der Waals surface area contributed by atoms with Crippen LogP contribution in [0.1, 0.15) is 25.7 Å². The number of esters is 1. The van der Waals surface area contributed by atoms with Crippen LogP contribution >= 0.6 is 0 Å². The normalized spacial score (nSPS) is 52.1. The van der Waals surface area contributed by atoms with E-state index >= 15 is 0 Å². The highest BCUT2D eigenvalue weighted by molar-refractivity contribution is 5.81. The number of rotatable bonds is 2. The molecule has 3 aliphatic carbocycles. The van der Waals surface area contributed by atoms with Crippen LogP contribution in [-0.2, 0) is 14.3 Å². The summed E-state index contributed by atoms with van der Waals surface area (Å²) in [5.74, 6) is 2.48. The second-order valence-corrected chi connectivity index (χ2v) is 6.19. The first-order chi connectivity index (χ1) is 8.78. The van der Waals surface area contributed by atoms with Gasteiger partial charge in [-0.1, -0.05) is 0 Å². The van der Waals surface area contributed by atoms with Crippen molar-refractivity contribution >= 4 is 5.97 Å². The fourth-order valence-electron chi connectivity index (χ4n) is 4.86. The molecule has 0 spiro atoms. The Kier molecular flexibility index (Phi) is 2.25. The molecule has 98 valence electrons. The van der Waals surface area contributed by atoms with Gasteiger partial charge >= 0.3 is 5.97 Å². The van der Waals surface area contributed by atoms with Gasteiger partial charge in [0, 0.05) is 18.2 Å². The number of nitrogens with two attached hydrogens (primary N) is 1. The van der Waals surface area contributed by atoms with E-state index in [2.05, 4.69) is 0 Å². The predicted octanol–water partition coefficient (Wildman–Crippen LogP) is 1.20. The lowest BCUT2D eigenvalue weighted by molar-refractivity contribution is -0.147. The van der Waals surface area contributed by atoms with Crippen LogP contribution in [0.4, 0.5) is 0 Å². The second kappa shape index (κ2) is 3.73. The Bertz CT molecular complexity index is 408. The molecule has 1 aliphatic heterocycles. The summed E-state index contributed by atoms with van der Waals surface area (Å²) in [4.78, 5) is 11.5. The average Bonchev–Trinajstić information content (AvgIpc) is 2.93.